The zero-order chi connectivity index (χ0) is 23.9. The highest BCUT2D eigenvalue weighted by molar-refractivity contribution is 7.16. The van der Waals surface area contributed by atoms with Gasteiger partial charge in [0.2, 0.25) is 11.8 Å². The van der Waals surface area contributed by atoms with Crippen LogP contribution in [0.25, 0.3) is 0 Å². The lowest BCUT2D eigenvalue weighted by Crippen LogP contribution is -2.35. The Morgan fingerprint density at radius 3 is 2.82 bits per heavy atom. The van der Waals surface area contributed by atoms with E-state index in [9.17, 15) is 14.9 Å². The van der Waals surface area contributed by atoms with Crippen LogP contribution in [0, 0.1) is 11.3 Å². The topological polar surface area (TPSA) is 95.3 Å². The van der Waals surface area contributed by atoms with E-state index >= 15 is 0 Å². The molecule has 0 bridgehead atoms. The largest absolute Gasteiger partial charge is 0.496 e. The van der Waals surface area contributed by atoms with Gasteiger partial charge in [-0.15, -0.1) is 11.3 Å². The molecule has 0 aliphatic carbocycles. The van der Waals surface area contributed by atoms with Gasteiger partial charge in [-0.05, 0) is 48.1 Å². The minimum Gasteiger partial charge on any atom is -0.496 e. The van der Waals surface area contributed by atoms with Gasteiger partial charge in [0, 0.05) is 36.7 Å². The molecule has 0 saturated carbocycles. The molecular weight excluding hydrogens is 448 g/mol. The maximum absolute atomic E-state index is 12.8. The molecule has 3 aromatic rings. The van der Waals surface area contributed by atoms with Crippen molar-refractivity contribution in [1.82, 2.24) is 9.88 Å². The Balaban J connectivity index is 1.37. The van der Waals surface area contributed by atoms with E-state index in [1.807, 2.05) is 41.3 Å². The van der Waals surface area contributed by atoms with E-state index in [-0.39, 0.29) is 18.2 Å². The average Bonchev–Trinajstić information content (AvgIpc) is 3.22. The molecule has 0 fully saturated rings. The molecule has 2 amide bonds. The van der Waals surface area contributed by atoms with E-state index in [1.165, 1.54) is 11.3 Å². The summed E-state index contributed by atoms with van der Waals surface area (Å²) in [5.41, 5.74) is 3.47. The van der Waals surface area contributed by atoms with E-state index in [4.69, 9.17) is 4.74 Å². The summed E-state index contributed by atoms with van der Waals surface area (Å²) in [7, 11) is 1.61. The highest BCUT2D eigenvalue weighted by Crippen LogP contribution is 2.37. The van der Waals surface area contributed by atoms with Crippen molar-refractivity contribution in [2.24, 2.45) is 0 Å². The molecule has 174 valence electrons. The third-order valence-electron chi connectivity index (χ3n) is 5.94. The Hall–Kier alpha value is -3.70. The lowest BCUT2D eigenvalue weighted by atomic mass is 10.0. The lowest BCUT2D eigenvalue weighted by Gasteiger charge is -2.27. The van der Waals surface area contributed by atoms with Gasteiger partial charge < -0.3 is 15.0 Å². The van der Waals surface area contributed by atoms with Crippen molar-refractivity contribution in [3.63, 3.8) is 0 Å². The van der Waals surface area contributed by atoms with Crippen LogP contribution >= 0.6 is 11.3 Å². The third-order valence-corrected chi connectivity index (χ3v) is 7.07. The number of aromatic nitrogens is 1. The van der Waals surface area contributed by atoms with Gasteiger partial charge in [-0.3, -0.25) is 14.6 Å². The Morgan fingerprint density at radius 2 is 2.06 bits per heavy atom. The lowest BCUT2D eigenvalue weighted by molar-refractivity contribution is -0.132. The summed E-state index contributed by atoms with van der Waals surface area (Å²) in [5, 5.41) is 13.2. The standard InChI is InChI=1S/C26H26N4O3S/c1-33-22-7-3-2-6-19(22)9-10-24(31)29-26-21(15-27)20-12-14-30(17-23(20)34-26)25(32)11-8-18-5-4-13-28-16-18/h2-7,13,16H,8-12,14,17H2,1H3,(H,29,31). The number of ether oxygens (including phenoxy) is 1. The molecule has 1 aliphatic rings. The first-order chi connectivity index (χ1) is 16.6. The number of nitrogens with zero attached hydrogens (tertiary/aromatic N) is 3. The number of anilines is 1. The van der Waals surface area contributed by atoms with E-state index in [0.717, 1.165) is 27.3 Å². The second-order valence-electron chi connectivity index (χ2n) is 8.11. The molecule has 2 aromatic heterocycles. The van der Waals surface area contributed by atoms with Gasteiger partial charge in [0.05, 0.1) is 19.2 Å². The first kappa shape index (κ1) is 23.5. The predicted octanol–water partition coefficient (Wildman–Crippen LogP) is 4.11. The van der Waals surface area contributed by atoms with Crippen LogP contribution in [0.5, 0.6) is 5.75 Å². The van der Waals surface area contributed by atoms with Gasteiger partial charge in [0.1, 0.15) is 16.8 Å². The van der Waals surface area contributed by atoms with E-state index in [1.54, 1.807) is 19.5 Å². The molecule has 0 saturated heterocycles. The maximum atomic E-state index is 12.8. The molecule has 0 atom stereocenters. The fraction of sp³-hybridized carbons (Fsp3) is 0.308. The second kappa shape index (κ2) is 10.9. The molecule has 3 heterocycles. The van der Waals surface area contributed by atoms with E-state index < -0.39 is 0 Å². The number of methoxy groups -OCH3 is 1. The summed E-state index contributed by atoms with van der Waals surface area (Å²) in [5.74, 6) is 0.696. The molecule has 4 rings (SSSR count). The molecule has 8 heteroatoms. The monoisotopic (exact) mass is 474 g/mol. The first-order valence-electron chi connectivity index (χ1n) is 11.2. The molecule has 0 unspecified atom stereocenters. The number of aryl methyl sites for hydroxylation is 2. The minimum atomic E-state index is -0.148. The average molecular weight is 475 g/mol. The van der Waals surface area contributed by atoms with Crippen LogP contribution in [0.2, 0.25) is 0 Å². The number of hydrogen-bond acceptors (Lipinski definition) is 6. The predicted molar refractivity (Wildman–Crippen MR) is 131 cm³/mol. The Bertz CT molecular complexity index is 1220. The first-order valence-corrected chi connectivity index (χ1v) is 12.0. The quantitative estimate of drug-likeness (QED) is 0.530. The molecule has 7 nitrogen and oxygen atoms in total. The van der Waals surface area contributed by atoms with E-state index in [2.05, 4.69) is 16.4 Å². The van der Waals surface area contributed by atoms with Crippen LogP contribution in [0.1, 0.15) is 40.0 Å². The van der Waals surface area contributed by atoms with Gasteiger partial charge in [-0.1, -0.05) is 24.3 Å². The summed E-state index contributed by atoms with van der Waals surface area (Å²) >= 11 is 1.40. The van der Waals surface area contributed by atoms with Crippen LogP contribution in [-0.4, -0.2) is 35.4 Å². The van der Waals surface area contributed by atoms with Crippen LogP contribution in [0.15, 0.2) is 48.8 Å². The summed E-state index contributed by atoms with van der Waals surface area (Å²) in [6.07, 6.45) is 6.01. The summed E-state index contributed by atoms with van der Waals surface area (Å²) in [4.78, 5) is 32.3. The smallest absolute Gasteiger partial charge is 0.225 e. The molecule has 0 radical (unpaired) electrons. The van der Waals surface area contributed by atoms with Crippen LogP contribution < -0.4 is 10.1 Å². The Morgan fingerprint density at radius 1 is 1.21 bits per heavy atom. The second-order valence-corrected chi connectivity index (χ2v) is 9.21. The van der Waals surface area contributed by atoms with Crippen molar-refractivity contribution >= 4 is 28.2 Å². The van der Waals surface area contributed by atoms with Gasteiger partial charge in [0.25, 0.3) is 0 Å². The van der Waals surface area contributed by atoms with Gasteiger partial charge in [-0.2, -0.15) is 5.26 Å². The van der Waals surface area contributed by atoms with Crippen molar-refractivity contribution in [3.05, 3.63) is 75.9 Å². The Labute approximate surface area is 203 Å². The number of rotatable bonds is 8. The van der Waals surface area contributed by atoms with Crippen molar-refractivity contribution in [3.8, 4) is 11.8 Å². The highest BCUT2D eigenvalue weighted by Gasteiger charge is 2.27. The number of pyridine rings is 1. The van der Waals surface area contributed by atoms with Crippen LogP contribution in [-0.2, 0) is 35.4 Å². The van der Waals surface area contributed by atoms with Crippen LogP contribution in [0.3, 0.4) is 0 Å². The number of amides is 2. The van der Waals surface area contributed by atoms with Crippen LogP contribution in [0.4, 0.5) is 5.00 Å². The SMILES string of the molecule is COc1ccccc1CCC(=O)Nc1sc2c(c1C#N)CCN(C(=O)CCc1cccnc1)C2. The number of thiophene rings is 1. The number of para-hydroxylation sites is 1. The fourth-order valence-electron chi connectivity index (χ4n) is 4.12. The highest BCUT2D eigenvalue weighted by atomic mass is 32.1. The van der Waals surface area contributed by atoms with Gasteiger partial charge >= 0.3 is 0 Å². The number of fused-ring (bicyclic) bond motifs is 1. The Kier molecular flexibility index (Phi) is 7.55. The minimum absolute atomic E-state index is 0.0869. The van der Waals surface area contributed by atoms with Crippen molar-refractivity contribution in [2.45, 2.75) is 38.6 Å². The molecule has 0 spiro atoms. The summed E-state index contributed by atoms with van der Waals surface area (Å²) in [6, 6.07) is 13.7. The molecular formula is C26H26N4O3S. The molecule has 1 aliphatic heterocycles. The number of carbonyl (C=O) groups excluding carboxylic acids is 2. The summed E-state index contributed by atoms with van der Waals surface area (Å²) in [6.45, 7) is 1.04. The van der Waals surface area contributed by atoms with E-state index in [0.29, 0.717) is 49.3 Å². The van der Waals surface area contributed by atoms with Crippen molar-refractivity contribution < 1.29 is 14.3 Å². The number of nitrogens with one attached hydrogen (secondary N) is 1. The fourth-order valence-corrected chi connectivity index (χ4v) is 5.35. The zero-order valence-electron chi connectivity index (χ0n) is 19.0. The molecule has 1 aromatic carbocycles. The molecule has 1 N–H and O–H groups in total. The molecule has 34 heavy (non-hydrogen) atoms. The van der Waals surface area contributed by atoms with Gasteiger partial charge in [-0.25, -0.2) is 0 Å². The zero-order valence-corrected chi connectivity index (χ0v) is 19.9. The number of nitriles is 1. The third kappa shape index (κ3) is 5.43. The normalized spacial score (nSPS) is 12.5. The maximum Gasteiger partial charge on any atom is 0.225 e. The number of benzene rings is 1. The van der Waals surface area contributed by atoms with Crippen molar-refractivity contribution in [2.75, 3.05) is 19.0 Å². The number of hydrogen-bond donors (Lipinski definition) is 1. The summed E-state index contributed by atoms with van der Waals surface area (Å²) < 4.78 is 5.35. The van der Waals surface area contributed by atoms with Crippen molar-refractivity contribution in [1.29, 1.82) is 5.26 Å². The van der Waals surface area contributed by atoms with Gasteiger partial charge in [0.15, 0.2) is 0 Å². The number of carbonyl (C=O) groups is 2.